The summed E-state index contributed by atoms with van der Waals surface area (Å²) in [5.74, 6) is -3.27. The van der Waals surface area contributed by atoms with Crippen molar-refractivity contribution in [2.24, 2.45) is 23.7 Å². The molecule has 0 saturated carbocycles. The summed E-state index contributed by atoms with van der Waals surface area (Å²) in [5.41, 5.74) is 1.84. The van der Waals surface area contributed by atoms with Gasteiger partial charge >= 0.3 is 5.97 Å². The zero-order chi connectivity index (χ0) is 40.2. The van der Waals surface area contributed by atoms with E-state index < -0.39 is 60.2 Å². The lowest BCUT2D eigenvalue weighted by Crippen LogP contribution is -2.59. The Hall–Kier alpha value is -3.55. The van der Waals surface area contributed by atoms with Crippen molar-refractivity contribution in [2.45, 2.75) is 130 Å². The Kier molecular flexibility index (Phi) is 18.4. The Balaban J connectivity index is 2.26. The standard InChI is InChI=1S/C40H67N5O8/c1-13-26(7)35(44(10)39(49)34(24(4)5)43-38(48)33(41-9)23(2)3)31(52-11)22-32(46)45-20-14-15-30(45)36(53-12)27(8)37(47)42-29(40(50)51)21-28-18-16-25(6)17-19-28/h16-19,23-24,26-27,29-31,33-36,41H,13-15,20-22H2,1-12H3,(H,42,47)(H,43,48)(H,50,51)/t26-,27?,29-,30-,31?,33?,34-,35?,36+/m0/s1. The van der Waals surface area contributed by atoms with Gasteiger partial charge in [-0.2, -0.15) is 0 Å². The average molecular weight is 746 g/mol. The predicted molar refractivity (Wildman–Crippen MR) is 205 cm³/mol. The lowest BCUT2D eigenvalue weighted by atomic mass is 9.89. The zero-order valence-corrected chi connectivity index (χ0v) is 34.1. The number of hydrogen-bond donors (Lipinski definition) is 4. The summed E-state index contributed by atoms with van der Waals surface area (Å²) < 4.78 is 11.9. The van der Waals surface area contributed by atoms with Gasteiger partial charge in [0.05, 0.1) is 42.7 Å². The number of carboxylic acids is 1. The van der Waals surface area contributed by atoms with E-state index in [9.17, 15) is 29.1 Å². The monoisotopic (exact) mass is 745 g/mol. The second-order valence-electron chi connectivity index (χ2n) is 15.4. The van der Waals surface area contributed by atoms with E-state index in [0.29, 0.717) is 19.4 Å². The van der Waals surface area contributed by atoms with E-state index in [2.05, 4.69) is 16.0 Å². The number of nitrogens with one attached hydrogen (secondary N) is 3. The number of nitrogens with zero attached hydrogens (tertiary/aromatic N) is 2. The highest BCUT2D eigenvalue weighted by Crippen LogP contribution is 2.30. The van der Waals surface area contributed by atoms with Gasteiger partial charge in [0.1, 0.15) is 12.1 Å². The van der Waals surface area contributed by atoms with Crippen LogP contribution in [0.5, 0.6) is 0 Å². The number of carbonyl (C=O) groups is 5. The maximum Gasteiger partial charge on any atom is 0.326 e. The van der Waals surface area contributed by atoms with Gasteiger partial charge in [-0.15, -0.1) is 0 Å². The number of ether oxygens (including phenoxy) is 2. The summed E-state index contributed by atoms with van der Waals surface area (Å²) in [6.45, 7) is 15.8. The van der Waals surface area contributed by atoms with Crippen molar-refractivity contribution in [1.29, 1.82) is 0 Å². The summed E-state index contributed by atoms with van der Waals surface area (Å²) in [7, 11) is 6.46. The smallest absolute Gasteiger partial charge is 0.326 e. The Morgan fingerprint density at radius 3 is 2.02 bits per heavy atom. The number of likely N-dealkylation sites (N-methyl/N-ethyl adjacent to an activating group) is 2. The molecule has 0 spiro atoms. The molecule has 53 heavy (non-hydrogen) atoms. The number of carboxylic acid groups (broad SMARTS) is 1. The van der Waals surface area contributed by atoms with E-state index in [4.69, 9.17) is 9.47 Å². The molecule has 1 fully saturated rings. The van der Waals surface area contributed by atoms with Crippen molar-refractivity contribution >= 4 is 29.6 Å². The fraction of sp³-hybridized carbons (Fsp3) is 0.725. The molecule has 0 radical (unpaired) electrons. The molecular weight excluding hydrogens is 678 g/mol. The maximum absolute atomic E-state index is 14.1. The van der Waals surface area contributed by atoms with Crippen LogP contribution in [0.25, 0.3) is 0 Å². The molecule has 0 bridgehead atoms. The van der Waals surface area contributed by atoms with Crippen molar-refractivity contribution in [1.82, 2.24) is 25.8 Å². The first kappa shape index (κ1) is 45.6. The Labute approximate surface area is 317 Å². The minimum Gasteiger partial charge on any atom is -0.480 e. The number of hydrogen-bond acceptors (Lipinski definition) is 8. The van der Waals surface area contributed by atoms with Crippen LogP contribution in [0.1, 0.15) is 85.3 Å². The van der Waals surface area contributed by atoms with Gasteiger partial charge in [-0.25, -0.2) is 4.79 Å². The van der Waals surface area contributed by atoms with E-state index in [1.807, 2.05) is 72.7 Å². The largest absolute Gasteiger partial charge is 0.480 e. The third kappa shape index (κ3) is 12.2. The minimum absolute atomic E-state index is 0.0117. The van der Waals surface area contributed by atoms with E-state index in [0.717, 1.165) is 17.5 Å². The third-order valence-electron chi connectivity index (χ3n) is 10.9. The first-order chi connectivity index (χ1) is 24.9. The molecule has 9 atom stereocenters. The highest BCUT2D eigenvalue weighted by Gasteiger charge is 2.43. The van der Waals surface area contributed by atoms with Gasteiger partial charge in [0.15, 0.2) is 0 Å². The molecule has 2 rings (SSSR count). The summed E-state index contributed by atoms with van der Waals surface area (Å²) in [5, 5.41) is 18.6. The fourth-order valence-corrected chi connectivity index (χ4v) is 7.51. The number of benzene rings is 1. The molecule has 13 heteroatoms. The predicted octanol–water partition coefficient (Wildman–Crippen LogP) is 3.41. The van der Waals surface area contributed by atoms with Crippen LogP contribution in [0.3, 0.4) is 0 Å². The van der Waals surface area contributed by atoms with Crippen LogP contribution in [0.2, 0.25) is 0 Å². The van der Waals surface area contributed by atoms with Crippen LogP contribution in [0.4, 0.5) is 0 Å². The van der Waals surface area contributed by atoms with Crippen LogP contribution >= 0.6 is 0 Å². The molecule has 1 heterocycles. The normalized spacial score (nSPS) is 19.1. The molecule has 1 aliphatic rings. The second-order valence-corrected chi connectivity index (χ2v) is 15.4. The van der Waals surface area contributed by atoms with Gasteiger partial charge in [0.2, 0.25) is 23.6 Å². The molecule has 4 unspecified atom stereocenters. The molecule has 1 saturated heterocycles. The SMILES string of the molecule is CC[C@H](C)C(C(CC(=O)N1CCC[C@H]1[C@H](OC)C(C)C(=O)N[C@@H](Cc1ccc(C)cc1)C(=O)O)OC)N(C)C(=O)[C@@H](NC(=O)C(NC)C(C)C)C(C)C. The summed E-state index contributed by atoms with van der Waals surface area (Å²) >= 11 is 0. The van der Waals surface area contributed by atoms with E-state index in [1.54, 1.807) is 30.8 Å². The van der Waals surface area contributed by atoms with Crippen LogP contribution in [-0.4, -0.2) is 122 Å². The van der Waals surface area contributed by atoms with Crippen LogP contribution in [-0.2, 0) is 39.9 Å². The number of aryl methyl sites for hydroxylation is 1. The number of likely N-dealkylation sites (tertiary alicyclic amines) is 1. The van der Waals surface area contributed by atoms with Gasteiger partial charge in [-0.05, 0) is 50.1 Å². The molecule has 1 aromatic carbocycles. The average Bonchev–Trinajstić information content (AvgIpc) is 3.60. The van der Waals surface area contributed by atoms with Gasteiger partial charge in [-0.1, -0.05) is 84.7 Å². The summed E-state index contributed by atoms with van der Waals surface area (Å²) in [4.78, 5) is 70.5. The lowest BCUT2D eigenvalue weighted by Gasteiger charge is -2.41. The lowest BCUT2D eigenvalue weighted by molar-refractivity contribution is -0.148. The second kappa shape index (κ2) is 21.4. The topological polar surface area (TPSA) is 167 Å². The number of rotatable bonds is 21. The van der Waals surface area contributed by atoms with Crippen molar-refractivity contribution in [2.75, 3.05) is 34.9 Å². The molecule has 13 nitrogen and oxygen atoms in total. The molecule has 4 amide bonds. The van der Waals surface area contributed by atoms with Crippen LogP contribution in [0, 0.1) is 30.6 Å². The van der Waals surface area contributed by atoms with Gasteiger partial charge in [-0.3, -0.25) is 19.2 Å². The van der Waals surface area contributed by atoms with Crippen molar-refractivity contribution in [3.05, 3.63) is 35.4 Å². The highest BCUT2D eigenvalue weighted by molar-refractivity contribution is 5.90. The van der Waals surface area contributed by atoms with E-state index in [1.165, 1.54) is 14.2 Å². The molecule has 4 N–H and O–H groups in total. The van der Waals surface area contributed by atoms with Crippen molar-refractivity contribution in [3.8, 4) is 0 Å². The first-order valence-corrected chi connectivity index (χ1v) is 19.1. The van der Waals surface area contributed by atoms with Crippen LogP contribution < -0.4 is 16.0 Å². The molecule has 0 aliphatic carbocycles. The molecular formula is C40H67N5O8. The van der Waals surface area contributed by atoms with Crippen molar-refractivity contribution in [3.63, 3.8) is 0 Å². The molecule has 1 aromatic rings. The third-order valence-corrected chi connectivity index (χ3v) is 10.9. The maximum atomic E-state index is 14.1. The number of carbonyl (C=O) groups excluding carboxylic acids is 4. The van der Waals surface area contributed by atoms with Crippen molar-refractivity contribution < 1.29 is 38.6 Å². The number of aliphatic carboxylic acids is 1. The summed E-state index contributed by atoms with van der Waals surface area (Å²) in [6.07, 6.45) is 0.812. The van der Waals surface area contributed by atoms with E-state index in [-0.39, 0.29) is 48.3 Å². The highest BCUT2D eigenvalue weighted by atomic mass is 16.5. The quantitative estimate of drug-likeness (QED) is 0.148. The zero-order valence-electron chi connectivity index (χ0n) is 34.1. The molecule has 0 aromatic heterocycles. The minimum atomic E-state index is -1.14. The van der Waals surface area contributed by atoms with Crippen LogP contribution in [0.15, 0.2) is 24.3 Å². The Morgan fingerprint density at radius 1 is 0.925 bits per heavy atom. The van der Waals surface area contributed by atoms with Gasteiger partial charge in [0, 0.05) is 34.2 Å². The fourth-order valence-electron chi connectivity index (χ4n) is 7.51. The number of amides is 4. The molecule has 1 aliphatic heterocycles. The first-order valence-electron chi connectivity index (χ1n) is 19.1. The van der Waals surface area contributed by atoms with E-state index >= 15 is 0 Å². The van der Waals surface area contributed by atoms with Gasteiger partial charge in [0.25, 0.3) is 0 Å². The Morgan fingerprint density at radius 2 is 1.53 bits per heavy atom. The summed E-state index contributed by atoms with van der Waals surface area (Å²) in [6, 6.07) is 4.23. The molecule has 300 valence electrons. The Bertz CT molecular complexity index is 1350. The van der Waals surface area contributed by atoms with Gasteiger partial charge < -0.3 is 40.3 Å². The number of methoxy groups -OCH3 is 2.